The van der Waals surface area contributed by atoms with Gasteiger partial charge < -0.3 is 5.73 Å². The highest BCUT2D eigenvalue weighted by Crippen LogP contribution is 2.28. The molecule has 0 saturated carbocycles. The van der Waals surface area contributed by atoms with E-state index in [1.807, 2.05) is 0 Å². The Balaban J connectivity index is 2.52. The van der Waals surface area contributed by atoms with Gasteiger partial charge in [0.1, 0.15) is 0 Å². The van der Waals surface area contributed by atoms with Crippen LogP contribution >= 0.6 is 0 Å². The Morgan fingerprint density at radius 2 is 2.18 bits per heavy atom. The molecule has 0 aromatic rings. The van der Waals surface area contributed by atoms with Crippen LogP contribution in [0.3, 0.4) is 0 Å². The van der Waals surface area contributed by atoms with Gasteiger partial charge in [-0.1, -0.05) is 25.5 Å². The molecule has 0 bridgehead atoms. The highest BCUT2D eigenvalue weighted by molar-refractivity contribution is 5.16. The molecule has 0 radical (unpaired) electrons. The third-order valence-electron chi connectivity index (χ3n) is 2.70. The molecule has 11 heavy (non-hydrogen) atoms. The Labute approximate surface area is 69.7 Å². The molecule has 64 valence electrons. The van der Waals surface area contributed by atoms with E-state index in [9.17, 15) is 0 Å². The maximum Gasteiger partial charge on any atom is 0.0229 e. The minimum absolute atomic E-state index is 0.352. The molecular weight excluding hydrogens is 134 g/mol. The molecule has 0 fully saturated rings. The van der Waals surface area contributed by atoms with Gasteiger partial charge in [-0.15, -0.1) is 0 Å². The van der Waals surface area contributed by atoms with Crippen LogP contribution in [0.2, 0.25) is 0 Å². The number of rotatable bonds is 3. The van der Waals surface area contributed by atoms with E-state index in [0.29, 0.717) is 6.04 Å². The highest BCUT2D eigenvalue weighted by Gasteiger charge is 2.17. The van der Waals surface area contributed by atoms with Crippen molar-refractivity contribution < 1.29 is 0 Å². The lowest BCUT2D eigenvalue weighted by Gasteiger charge is -2.12. The standard InChI is InChI=1S/C10H19N/c1-3-8(4-2)9-5-6-10(11)7-9/h7-8,10H,3-6,11H2,1-2H3. The summed E-state index contributed by atoms with van der Waals surface area (Å²) in [5, 5.41) is 0. The summed E-state index contributed by atoms with van der Waals surface area (Å²) in [4.78, 5) is 0. The summed E-state index contributed by atoms with van der Waals surface area (Å²) in [5.41, 5.74) is 7.41. The summed E-state index contributed by atoms with van der Waals surface area (Å²) in [7, 11) is 0. The molecule has 1 atom stereocenters. The van der Waals surface area contributed by atoms with E-state index in [0.717, 1.165) is 5.92 Å². The lowest BCUT2D eigenvalue weighted by molar-refractivity contribution is 0.556. The van der Waals surface area contributed by atoms with E-state index < -0.39 is 0 Å². The molecule has 1 aliphatic rings. The van der Waals surface area contributed by atoms with Crippen LogP contribution in [0.15, 0.2) is 11.6 Å². The average molecular weight is 153 g/mol. The Morgan fingerprint density at radius 1 is 1.55 bits per heavy atom. The Morgan fingerprint density at radius 3 is 2.55 bits per heavy atom. The fraction of sp³-hybridized carbons (Fsp3) is 0.800. The van der Waals surface area contributed by atoms with Crippen LogP contribution in [0.5, 0.6) is 0 Å². The van der Waals surface area contributed by atoms with E-state index >= 15 is 0 Å². The van der Waals surface area contributed by atoms with Crippen molar-refractivity contribution in [1.82, 2.24) is 0 Å². The van der Waals surface area contributed by atoms with Gasteiger partial charge in [0.2, 0.25) is 0 Å². The van der Waals surface area contributed by atoms with Gasteiger partial charge in [-0.25, -0.2) is 0 Å². The highest BCUT2D eigenvalue weighted by atomic mass is 14.6. The summed E-state index contributed by atoms with van der Waals surface area (Å²) >= 11 is 0. The van der Waals surface area contributed by atoms with Gasteiger partial charge in [-0.3, -0.25) is 0 Å². The number of nitrogens with two attached hydrogens (primary N) is 1. The van der Waals surface area contributed by atoms with Gasteiger partial charge in [0.05, 0.1) is 0 Å². The van der Waals surface area contributed by atoms with Crippen LogP contribution < -0.4 is 5.73 Å². The third kappa shape index (κ3) is 2.06. The SMILES string of the molecule is CCC(CC)C1=CC(N)CC1. The molecule has 0 aromatic heterocycles. The molecule has 1 heteroatoms. The summed E-state index contributed by atoms with van der Waals surface area (Å²) in [6.45, 7) is 4.53. The zero-order valence-electron chi connectivity index (χ0n) is 7.64. The molecule has 1 nitrogen and oxygen atoms in total. The predicted molar refractivity (Wildman–Crippen MR) is 49.4 cm³/mol. The monoisotopic (exact) mass is 153 g/mol. The minimum atomic E-state index is 0.352. The van der Waals surface area contributed by atoms with Crippen LogP contribution in [0, 0.1) is 5.92 Å². The Hall–Kier alpha value is -0.300. The summed E-state index contributed by atoms with van der Waals surface area (Å²) in [6.07, 6.45) is 7.24. The Bertz CT molecular complexity index is 145. The third-order valence-corrected chi connectivity index (χ3v) is 2.70. The van der Waals surface area contributed by atoms with Crippen LogP contribution in [-0.2, 0) is 0 Å². The lowest BCUT2D eigenvalue weighted by Crippen LogP contribution is -2.12. The van der Waals surface area contributed by atoms with E-state index in [4.69, 9.17) is 5.73 Å². The van der Waals surface area contributed by atoms with Crippen molar-refractivity contribution in [2.45, 2.75) is 45.6 Å². The molecule has 0 heterocycles. The topological polar surface area (TPSA) is 26.0 Å². The van der Waals surface area contributed by atoms with Crippen molar-refractivity contribution >= 4 is 0 Å². The summed E-state index contributed by atoms with van der Waals surface area (Å²) in [6, 6.07) is 0.352. The molecule has 1 aliphatic carbocycles. The van der Waals surface area contributed by atoms with Crippen LogP contribution in [0.4, 0.5) is 0 Å². The second kappa shape index (κ2) is 3.91. The van der Waals surface area contributed by atoms with Crippen molar-refractivity contribution in [3.05, 3.63) is 11.6 Å². The van der Waals surface area contributed by atoms with Crippen molar-refractivity contribution in [2.24, 2.45) is 11.7 Å². The zero-order valence-corrected chi connectivity index (χ0v) is 7.64. The van der Waals surface area contributed by atoms with Gasteiger partial charge in [-0.2, -0.15) is 0 Å². The summed E-state index contributed by atoms with van der Waals surface area (Å²) in [5.74, 6) is 0.809. The first-order valence-electron chi connectivity index (χ1n) is 4.74. The van der Waals surface area contributed by atoms with E-state index in [2.05, 4.69) is 19.9 Å². The lowest BCUT2D eigenvalue weighted by atomic mass is 9.93. The maximum atomic E-state index is 5.80. The van der Waals surface area contributed by atoms with Crippen molar-refractivity contribution in [2.75, 3.05) is 0 Å². The predicted octanol–water partition coefficient (Wildman–Crippen LogP) is 2.47. The first-order chi connectivity index (χ1) is 5.27. The minimum Gasteiger partial charge on any atom is -0.324 e. The quantitative estimate of drug-likeness (QED) is 0.619. The molecule has 0 spiro atoms. The second-order valence-electron chi connectivity index (χ2n) is 3.46. The van der Waals surface area contributed by atoms with Crippen LogP contribution in [0.1, 0.15) is 39.5 Å². The first-order valence-corrected chi connectivity index (χ1v) is 4.74. The van der Waals surface area contributed by atoms with Crippen LogP contribution in [0.25, 0.3) is 0 Å². The molecular formula is C10H19N. The first kappa shape index (κ1) is 8.79. The van der Waals surface area contributed by atoms with Crippen molar-refractivity contribution in [3.8, 4) is 0 Å². The average Bonchev–Trinajstić information content (AvgIpc) is 2.39. The van der Waals surface area contributed by atoms with Crippen molar-refractivity contribution in [1.29, 1.82) is 0 Å². The second-order valence-corrected chi connectivity index (χ2v) is 3.46. The normalized spacial score (nSPS) is 24.4. The largest absolute Gasteiger partial charge is 0.324 e. The van der Waals surface area contributed by atoms with Gasteiger partial charge in [0.15, 0.2) is 0 Å². The summed E-state index contributed by atoms with van der Waals surface area (Å²) < 4.78 is 0. The molecule has 0 aromatic carbocycles. The van der Waals surface area contributed by atoms with Gasteiger partial charge >= 0.3 is 0 Å². The van der Waals surface area contributed by atoms with Gasteiger partial charge in [0, 0.05) is 6.04 Å². The fourth-order valence-electron chi connectivity index (χ4n) is 1.93. The molecule has 0 aliphatic heterocycles. The molecule has 2 N–H and O–H groups in total. The van der Waals surface area contributed by atoms with Gasteiger partial charge in [-0.05, 0) is 31.6 Å². The molecule has 1 rings (SSSR count). The number of hydrogen-bond acceptors (Lipinski definition) is 1. The number of allylic oxidation sites excluding steroid dienone is 1. The Kier molecular flexibility index (Phi) is 3.13. The van der Waals surface area contributed by atoms with Crippen molar-refractivity contribution in [3.63, 3.8) is 0 Å². The molecule has 1 unspecified atom stereocenters. The number of hydrogen-bond donors (Lipinski definition) is 1. The fourth-order valence-corrected chi connectivity index (χ4v) is 1.93. The zero-order chi connectivity index (χ0) is 8.27. The van der Waals surface area contributed by atoms with E-state index in [1.54, 1.807) is 5.57 Å². The van der Waals surface area contributed by atoms with E-state index in [-0.39, 0.29) is 0 Å². The smallest absolute Gasteiger partial charge is 0.0229 e. The van der Waals surface area contributed by atoms with E-state index in [1.165, 1.54) is 25.7 Å². The van der Waals surface area contributed by atoms with Gasteiger partial charge in [0.25, 0.3) is 0 Å². The maximum absolute atomic E-state index is 5.80. The molecule has 0 saturated heterocycles. The van der Waals surface area contributed by atoms with Crippen LogP contribution in [-0.4, -0.2) is 6.04 Å². The molecule has 0 amide bonds.